The maximum absolute atomic E-state index is 11.2. The zero-order valence-corrected chi connectivity index (χ0v) is 16.5. The van der Waals surface area contributed by atoms with Gasteiger partial charge in [0.05, 0.1) is 29.7 Å². The molecule has 0 unspecified atom stereocenters. The SMILES string of the molecule is COc1cc([C@@H]2Nc3ccc([N+](=O)[O-])cc3[C@@H]3C=CC[C@@H]32)cc(Br)c1OC. The highest BCUT2D eigenvalue weighted by Crippen LogP contribution is 2.51. The molecule has 140 valence electrons. The molecule has 0 saturated carbocycles. The van der Waals surface area contributed by atoms with Crippen LogP contribution in [0.25, 0.3) is 0 Å². The fourth-order valence-electron chi connectivity index (χ4n) is 4.14. The first kappa shape index (κ1) is 17.9. The van der Waals surface area contributed by atoms with Crippen LogP contribution in [0.3, 0.4) is 0 Å². The first-order valence-corrected chi connectivity index (χ1v) is 9.45. The summed E-state index contributed by atoms with van der Waals surface area (Å²) in [5, 5.41) is 14.8. The van der Waals surface area contributed by atoms with E-state index in [4.69, 9.17) is 9.47 Å². The standard InChI is InChI=1S/C20H19BrN2O4/c1-26-18-9-11(8-16(21)20(18)27-2)19-14-5-3-4-13(14)15-10-12(23(24)25)6-7-17(15)22-19/h3-4,6-10,13-14,19,22H,5H2,1-2H3/t13-,14+,19+/m1/s1. The average Bonchev–Trinajstić information content (AvgIpc) is 3.16. The van der Waals surface area contributed by atoms with Crippen molar-refractivity contribution >= 4 is 27.3 Å². The van der Waals surface area contributed by atoms with Crippen LogP contribution in [0.4, 0.5) is 11.4 Å². The van der Waals surface area contributed by atoms with Crippen molar-refractivity contribution in [3.8, 4) is 11.5 Å². The number of methoxy groups -OCH3 is 2. The molecule has 7 heteroatoms. The normalized spacial score (nSPS) is 22.6. The summed E-state index contributed by atoms with van der Waals surface area (Å²) in [6.07, 6.45) is 5.24. The van der Waals surface area contributed by atoms with Gasteiger partial charge in [0.15, 0.2) is 11.5 Å². The molecule has 4 rings (SSSR count). The zero-order valence-electron chi connectivity index (χ0n) is 14.9. The smallest absolute Gasteiger partial charge is 0.269 e. The number of halogens is 1. The molecule has 0 aromatic heterocycles. The molecule has 2 aliphatic rings. The number of hydrogen-bond acceptors (Lipinski definition) is 5. The van der Waals surface area contributed by atoms with Gasteiger partial charge < -0.3 is 14.8 Å². The van der Waals surface area contributed by atoms with Crippen molar-refractivity contribution in [1.29, 1.82) is 0 Å². The number of hydrogen-bond donors (Lipinski definition) is 1. The molecule has 0 fully saturated rings. The predicted octanol–water partition coefficient (Wildman–Crippen LogP) is 5.20. The summed E-state index contributed by atoms with van der Waals surface area (Å²) in [6, 6.07) is 9.15. The molecule has 0 amide bonds. The Morgan fingerprint density at radius 3 is 2.74 bits per heavy atom. The molecule has 1 heterocycles. The van der Waals surface area contributed by atoms with Gasteiger partial charge in [-0.25, -0.2) is 0 Å². The Morgan fingerprint density at radius 2 is 2.04 bits per heavy atom. The number of allylic oxidation sites excluding steroid dienone is 2. The highest BCUT2D eigenvalue weighted by Gasteiger charge is 2.39. The molecular weight excluding hydrogens is 412 g/mol. The van der Waals surface area contributed by atoms with Crippen LogP contribution < -0.4 is 14.8 Å². The summed E-state index contributed by atoms with van der Waals surface area (Å²) in [6.45, 7) is 0. The Labute approximate surface area is 165 Å². The van der Waals surface area contributed by atoms with E-state index in [0.717, 1.165) is 27.7 Å². The molecule has 1 aliphatic heterocycles. The van der Waals surface area contributed by atoms with Crippen molar-refractivity contribution in [1.82, 2.24) is 0 Å². The molecule has 0 saturated heterocycles. The monoisotopic (exact) mass is 430 g/mol. The van der Waals surface area contributed by atoms with Crippen LogP contribution >= 0.6 is 15.9 Å². The van der Waals surface area contributed by atoms with E-state index in [1.807, 2.05) is 12.1 Å². The van der Waals surface area contributed by atoms with E-state index in [-0.39, 0.29) is 28.5 Å². The third-order valence-corrected chi connectivity index (χ3v) is 5.96. The second-order valence-corrected chi connectivity index (χ2v) is 7.60. The van der Waals surface area contributed by atoms with Crippen LogP contribution in [-0.2, 0) is 0 Å². The number of benzene rings is 2. The molecule has 2 aromatic carbocycles. The summed E-state index contributed by atoms with van der Waals surface area (Å²) >= 11 is 3.57. The fraction of sp³-hybridized carbons (Fsp3) is 0.300. The molecule has 0 bridgehead atoms. The highest BCUT2D eigenvalue weighted by atomic mass is 79.9. The molecule has 0 spiro atoms. The first-order chi connectivity index (χ1) is 13.0. The minimum Gasteiger partial charge on any atom is -0.493 e. The quantitative estimate of drug-likeness (QED) is 0.409. The number of nitro benzene ring substituents is 1. The van der Waals surface area contributed by atoms with Gasteiger partial charge in [0.2, 0.25) is 0 Å². The summed E-state index contributed by atoms with van der Waals surface area (Å²) < 4.78 is 11.7. The summed E-state index contributed by atoms with van der Waals surface area (Å²) in [4.78, 5) is 10.8. The van der Waals surface area contributed by atoms with E-state index in [9.17, 15) is 10.1 Å². The number of ether oxygens (including phenoxy) is 2. The van der Waals surface area contributed by atoms with Crippen LogP contribution in [0, 0.1) is 16.0 Å². The second kappa shape index (κ2) is 6.88. The van der Waals surface area contributed by atoms with E-state index in [1.54, 1.807) is 32.4 Å². The lowest BCUT2D eigenvalue weighted by atomic mass is 9.77. The molecule has 3 atom stereocenters. The van der Waals surface area contributed by atoms with Crippen molar-refractivity contribution < 1.29 is 14.4 Å². The Kier molecular flexibility index (Phi) is 4.55. The number of non-ortho nitro benzene ring substituents is 1. The van der Waals surface area contributed by atoms with Crippen LogP contribution in [0.15, 0.2) is 47.0 Å². The number of nitro groups is 1. The van der Waals surface area contributed by atoms with Gasteiger partial charge in [-0.05, 0) is 57.6 Å². The molecule has 2 aromatic rings. The Morgan fingerprint density at radius 1 is 1.22 bits per heavy atom. The van der Waals surface area contributed by atoms with Crippen molar-refractivity contribution in [3.63, 3.8) is 0 Å². The second-order valence-electron chi connectivity index (χ2n) is 6.74. The Hall–Kier alpha value is -2.54. The number of anilines is 1. The van der Waals surface area contributed by atoms with Crippen LogP contribution in [0.1, 0.15) is 29.5 Å². The van der Waals surface area contributed by atoms with E-state index in [1.165, 1.54) is 0 Å². The van der Waals surface area contributed by atoms with Gasteiger partial charge in [-0.1, -0.05) is 12.2 Å². The van der Waals surface area contributed by atoms with E-state index in [0.29, 0.717) is 11.5 Å². The van der Waals surface area contributed by atoms with Crippen molar-refractivity contribution in [2.75, 3.05) is 19.5 Å². The van der Waals surface area contributed by atoms with Crippen LogP contribution in [-0.4, -0.2) is 19.1 Å². The highest BCUT2D eigenvalue weighted by molar-refractivity contribution is 9.10. The number of rotatable bonds is 4. The van der Waals surface area contributed by atoms with Gasteiger partial charge in [-0.15, -0.1) is 0 Å². The summed E-state index contributed by atoms with van der Waals surface area (Å²) in [5.41, 5.74) is 3.13. The fourth-order valence-corrected chi connectivity index (χ4v) is 4.76. The Balaban J connectivity index is 1.78. The summed E-state index contributed by atoms with van der Waals surface area (Å²) in [5.74, 6) is 1.76. The van der Waals surface area contributed by atoms with E-state index >= 15 is 0 Å². The van der Waals surface area contributed by atoms with Gasteiger partial charge in [-0.3, -0.25) is 10.1 Å². The van der Waals surface area contributed by atoms with Crippen LogP contribution in [0.2, 0.25) is 0 Å². The zero-order chi connectivity index (χ0) is 19.1. The minimum atomic E-state index is -0.342. The molecule has 6 nitrogen and oxygen atoms in total. The van der Waals surface area contributed by atoms with Gasteiger partial charge in [0.1, 0.15) is 0 Å². The third-order valence-electron chi connectivity index (χ3n) is 5.37. The van der Waals surface area contributed by atoms with Crippen molar-refractivity contribution in [2.24, 2.45) is 5.92 Å². The lowest BCUT2D eigenvalue weighted by molar-refractivity contribution is -0.384. The average molecular weight is 431 g/mol. The van der Waals surface area contributed by atoms with E-state index < -0.39 is 0 Å². The lowest BCUT2D eigenvalue weighted by Crippen LogP contribution is -2.29. The Bertz CT molecular complexity index is 944. The van der Waals surface area contributed by atoms with Crippen molar-refractivity contribution in [3.05, 3.63) is 68.2 Å². The van der Waals surface area contributed by atoms with Crippen molar-refractivity contribution in [2.45, 2.75) is 18.4 Å². The minimum absolute atomic E-state index is 0.0649. The molecular formula is C20H19BrN2O4. The van der Waals surface area contributed by atoms with Crippen LogP contribution in [0.5, 0.6) is 11.5 Å². The third kappa shape index (κ3) is 2.96. The molecule has 1 N–H and O–H groups in total. The van der Waals surface area contributed by atoms with E-state index in [2.05, 4.69) is 33.4 Å². The number of nitrogens with zero attached hydrogens (tertiary/aromatic N) is 1. The predicted molar refractivity (Wildman–Crippen MR) is 107 cm³/mol. The lowest BCUT2D eigenvalue weighted by Gasteiger charge is -2.37. The molecule has 27 heavy (non-hydrogen) atoms. The number of nitrogens with one attached hydrogen (secondary N) is 1. The first-order valence-electron chi connectivity index (χ1n) is 8.66. The van der Waals surface area contributed by atoms with Gasteiger partial charge in [-0.2, -0.15) is 0 Å². The summed E-state index contributed by atoms with van der Waals surface area (Å²) in [7, 11) is 3.23. The maximum Gasteiger partial charge on any atom is 0.269 e. The molecule has 0 radical (unpaired) electrons. The van der Waals surface area contributed by atoms with Gasteiger partial charge >= 0.3 is 0 Å². The van der Waals surface area contributed by atoms with Gasteiger partial charge in [0, 0.05) is 23.7 Å². The topological polar surface area (TPSA) is 73.6 Å². The largest absolute Gasteiger partial charge is 0.493 e. The maximum atomic E-state index is 11.2. The van der Waals surface area contributed by atoms with Gasteiger partial charge in [0.25, 0.3) is 5.69 Å². The number of fused-ring (bicyclic) bond motifs is 3. The molecule has 1 aliphatic carbocycles.